The van der Waals surface area contributed by atoms with Gasteiger partial charge in [-0.2, -0.15) is 0 Å². The Hall–Kier alpha value is -2.36. The molecule has 0 fully saturated rings. The van der Waals surface area contributed by atoms with Gasteiger partial charge in [-0.1, -0.05) is 24.3 Å². The topological polar surface area (TPSA) is 56.0 Å². The third kappa shape index (κ3) is 2.17. The number of carbonyl (C=O) groups excluding carboxylic acids is 1. The van der Waals surface area contributed by atoms with Crippen molar-refractivity contribution in [3.63, 3.8) is 0 Å². The Bertz CT molecular complexity index is 497. The van der Waals surface area contributed by atoms with Gasteiger partial charge in [0.15, 0.2) is 0 Å². The van der Waals surface area contributed by atoms with E-state index < -0.39 is 0 Å². The van der Waals surface area contributed by atoms with Gasteiger partial charge >= 0.3 is 5.91 Å². The number of anilines is 1. The first-order valence-electron chi connectivity index (χ1n) is 4.82. The van der Waals surface area contributed by atoms with Crippen LogP contribution in [0.1, 0.15) is 10.4 Å². The summed E-state index contributed by atoms with van der Waals surface area (Å²) in [4.78, 5) is 11.7. The number of nitrogens with zero attached hydrogens (tertiary/aromatic N) is 1. The molecule has 1 heterocycles. The number of hydrogen-bond acceptors (Lipinski definition) is 2. The Morgan fingerprint density at radius 1 is 1.06 bits per heavy atom. The summed E-state index contributed by atoms with van der Waals surface area (Å²) in [6.07, 6.45) is 1.33. The fourth-order valence-electron chi connectivity index (χ4n) is 1.30. The number of benzene rings is 1. The SMILES string of the molecule is O=C(Nc1cccc[n+]1[O-])c1ccccc1. The molecular formula is C12H10N2O2. The average Bonchev–Trinajstić information content (AvgIpc) is 2.33. The standard InChI is InChI=1S/C12H10N2O2/c15-12(10-6-2-1-3-7-10)13-11-8-4-5-9-14(11)16/h1-9H,(H,13,15). The zero-order chi connectivity index (χ0) is 11.4. The number of pyridine rings is 1. The molecule has 80 valence electrons. The van der Waals surface area contributed by atoms with Gasteiger partial charge in [-0.3, -0.25) is 0 Å². The molecule has 4 nitrogen and oxygen atoms in total. The normalized spacial score (nSPS) is 9.75. The first-order valence-corrected chi connectivity index (χ1v) is 4.82. The summed E-state index contributed by atoms with van der Waals surface area (Å²) >= 11 is 0. The molecule has 0 saturated carbocycles. The molecule has 0 radical (unpaired) electrons. The van der Waals surface area contributed by atoms with Crippen LogP contribution < -0.4 is 10.0 Å². The fraction of sp³-hybridized carbons (Fsp3) is 0. The second kappa shape index (κ2) is 4.44. The summed E-state index contributed by atoms with van der Waals surface area (Å²) in [6, 6.07) is 13.6. The lowest BCUT2D eigenvalue weighted by atomic mass is 10.2. The van der Waals surface area contributed by atoms with Gasteiger partial charge in [0.1, 0.15) is 0 Å². The van der Waals surface area contributed by atoms with Crippen LogP contribution in [0.15, 0.2) is 54.7 Å². The van der Waals surface area contributed by atoms with Crippen molar-refractivity contribution in [2.75, 3.05) is 5.32 Å². The molecule has 16 heavy (non-hydrogen) atoms. The van der Waals surface area contributed by atoms with Gasteiger partial charge in [-0.15, -0.1) is 0 Å². The number of nitrogens with one attached hydrogen (secondary N) is 1. The first-order chi connectivity index (χ1) is 7.77. The van der Waals surface area contributed by atoms with Crippen molar-refractivity contribution in [2.45, 2.75) is 0 Å². The highest BCUT2D eigenvalue weighted by Gasteiger charge is 2.12. The minimum atomic E-state index is -0.295. The smallest absolute Gasteiger partial charge is 0.339 e. The van der Waals surface area contributed by atoms with Gasteiger partial charge in [0.2, 0.25) is 0 Å². The monoisotopic (exact) mass is 214 g/mol. The second-order valence-corrected chi connectivity index (χ2v) is 3.23. The van der Waals surface area contributed by atoms with E-state index in [0.29, 0.717) is 10.3 Å². The van der Waals surface area contributed by atoms with E-state index in [9.17, 15) is 10.0 Å². The van der Waals surface area contributed by atoms with Crippen molar-refractivity contribution in [3.05, 3.63) is 65.5 Å². The zero-order valence-corrected chi connectivity index (χ0v) is 8.46. The van der Waals surface area contributed by atoms with E-state index >= 15 is 0 Å². The molecule has 1 aromatic heterocycles. The summed E-state index contributed by atoms with van der Waals surface area (Å²) in [5.74, 6) is -0.0762. The molecule has 0 bridgehead atoms. The van der Waals surface area contributed by atoms with E-state index in [2.05, 4.69) is 5.32 Å². The van der Waals surface area contributed by atoms with Gasteiger partial charge in [0.25, 0.3) is 5.82 Å². The van der Waals surface area contributed by atoms with Gasteiger partial charge in [-0.05, 0) is 18.2 Å². The van der Waals surface area contributed by atoms with Crippen molar-refractivity contribution >= 4 is 11.7 Å². The van der Waals surface area contributed by atoms with Gasteiger partial charge in [-0.25, -0.2) is 14.8 Å². The molecule has 0 saturated heterocycles. The molecule has 0 aliphatic heterocycles. The summed E-state index contributed by atoms with van der Waals surface area (Å²) < 4.78 is 0.612. The van der Waals surface area contributed by atoms with Crippen LogP contribution in [0.2, 0.25) is 0 Å². The molecule has 0 aliphatic carbocycles. The minimum Gasteiger partial charge on any atom is -0.711 e. The molecule has 2 rings (SSSR count). The minimum absolute atomic E-state index is 0.219. The zero-order valence-electron chi connectivity index (χ0n) is 8.46. The maximum absolute atomic E-state index is 11.7. The van der Waals surface area contributed by atoms with Crippen LogP contribution in [0.25, 0.3) is 0 Å². The third-order valence-corrected chi connectivity index (χ3v) is 2.10. The van der Waals surface area contributed by atoms with Crippen molar-refractivity contribution < 1.29 is 9.52 Å². The third-order valence-electron chi connectivity index (χ3n) is 2.10. The number of aromatic nitrogens is 1. The van der Waals surface area contributed by atoms with Crippen molar-refractivity contribution in [1.29, 1.82) is 0 Å². The van der Waals surface area contributed by atoms with E-state index in [1.54, 1.807) is 42.5 Å². The van der Waals surface area contributed by atoms with E-state index in [1.165, 1.54) is 6.20 Å². The molecule has 1 N–H and O–H groups in total. The molecule has 0 unspecified atom stereocenters. The van der Waals surface area contributed by atoms with Crippen LogP contribution >= 0.6 is 0 Å². The Balaban J connectivity index is 2.18. The Morgan fingerprint density at radius 3 is 2.44 bits per heavy atom. The second-order valence-electron chi connectivity index (χ2n) is 3.23. The average molecular weight is 214 g/mol. The fourth-order valence-corrected chi connectivity index (χ4v) is 1.30. The Labute approximate surface area is 92.7 Å². The van der Waals surface area contributed by atoms with Crippen molar-refractivity contribution in [1.82, 2.24) is 0 Å². The Morgan fingerprint density at radius 2 is 1.75 bits per heavy atom. The largest absolute Gasteiger partial charge is 0.711 e. The molecule has 0 atom stereocenters. The molecule has 1 aromatic carbocycles. The van der Waals surface area contributed by atoms with Crippen LogP contribution in [0, 0.1) is 5.21 Å². The molecule has 1 amide bonds. The lowest BCUT2D eigenvalue weighted by Gasteiger charge is -2.06. The maximum atomic E-state index is 11.7. The predicted molar refractivity (Wildman–Crippen MR) is 59.8 cm³/mol. The summed E-state index contributed by atoms with van der Waals surface area (Å²) in [7, 11) is 0. The lowest BCUT2D eigenvalue weighted by molar-refractivity contribution is -0.590. The number of rotatable bonds is 2. The summed E-state index contributed by atoms with van der Waals surface area (Å²) in [5, 5.41) is 13.8. The maximum Gasteiger partial charge on any atom is 0.339 e. The van der Waals surface area contributed by atoms with Crippen molar-refractivity contribution in [3.8, 4) is 0 Å². The number of hydrogen-bond donors (Lipinski definition) is 1. The highest BCUT2D eigenvalue weighted by molar-refractivity contribution is 6.03. The molecule has 0 aliphatic rings. The van der Waals surface area contributed by atoms with Gasteiger partial charge in [0, 0.05) is 6.07 Å². The van der Waals surface area contributed by atoms with Crippen LogP contribution in [-0.4, -0.2) is 5.91 Å². The van der Waals surface area contributed by atoms with Gasteiger partial charge in [0.05, 0.1) is 11.8 Å². The van der Waals surface area contributed by atoms with E-state index in [1.807, 2.05) is 6.07 Å². The number of amides is 1. The van der Waals surface area contributed by atoms with Gasteiger partial charge < -0.3 is 5.21 Å². The first kappa shape index (κ1) is 10.2. The quantitative estimate of drug-likeness (QED) is 0.609. The highest BCUT2D eigenvalue weighted by Crippen LogP contribution is 2.03. The molecular weight excluding hydrogens is 204 g/mol. The van der Waals surface area contributed by atoms with Crippen LogP contribution in [-0.2, 0) is 0 Å². The van der Waals surface area contributed by atoms with E-state index in [-0.39, 0.29) is 11.7 Å². The van der Waals surface area contributed by atoms with E-state index in [0.717, 1.165) is 0 Å². The number of carbonyl (C=O) groups is 1. The van der Waals surface area contributed by atoms with Crippen LogP contribution in [0.3, 0.4) is 0 Å². The van der Waals surface area contributed by atoms with Crippen LogP contribution in [0.4, 0.5) is 5.82 Å². The Kier molecular flexibility index (Phi) is 2.82. The van der Waals surface area contributed by atoms with E-state index in [4.69, 9.17) is 0 Å². The molecule has 2 aromatic rings. The molecule has 4 heteroatoms. The van der Waals surface area contributed by atoms with Crippen molar-refractivity contribution in [2.24, 2.45) is 0 Å². The lowest BCUT2D eigenvalue weighted by Crippen LogP contribution is -2.31. The van der Waals surface area contributed by atoms with Crippen LogP contribution in [0.5, 0.6) is 0 Å². The summed E-state index contributed by atoms with van der Waals surface area (Å²) in [5.41, 5.74) is 0.520. The highest BCUT2D eigenvalue weighted by atomic mass is 16.5. The predicted octanol–water partition coefficient (Wildman–Crippen LogP) is 1.57. The summed E-state index contributed by atoms with van der Waals surface area (Å²) in [6.45, 7) is 0. The molecule has 0 spiro atoms.